The van der Waals surface area contributed by atoms with E-state index in [4.69, 9.17) is 9.15 Å². The van der Waals surface area contributed by atoms with Crippen LogP contribution in [0.25, 0.3) is 5.69 Å². The molecule has 1 aromatic heterocycles. The Balaban J connectivity index is 2.17. The summed E-state index contributed by atoms with van der Waals surface area (Å²) in [5, 5.41) is 0. The molecule has 3 atom stereocenters. The minimum atomic E-state index is -0.391. The Hall–Kier alpha value is -2.30. The maximum Gasteiger partial charge on any atom is 0.424 e. The molecule has 0 aliphatic heterocycles. The Morgan fingerprint density at radius 1 is 1.21 bits per heavy atom. The van der Waals surface area contributed by atoms with E-state index in [0.717, 1.165) is 23.6 Å². The van der Waals surface area contributed by atoms with Gasteiger partial charge >= 0.3 is 5.76 Å². The van der Waals surface area contributed by atoms with Gasteiger partial charge in [-0.3, -0.25) is 4.79 Å². The summed E-state index contributed by atoms with van der Waals surface area (Å²) in [6.07, 6.45) is 1.29. The Kier molecular flexibility index (Phi) is 4.35. The van der Waals surface area contributed by atoms with Crippen molar-refractivity contribution in [3.05, 3.63) is 46.3 Å². The van der Waals surface area contributed by atoms with Gasteiger partial charge in [-0.05, 0) is 30.7 Å². The van der Waals surface area contributed by atoms with Crippen LogP contribution in [0.2, 0.25) is 0 Å². The number of Topliss-reactive ketones (excluding diaryl/α,β-unsaturated/α-hetero) is 1. The lowest BCUT2D eigenvalue weighted by Crippen LogP contribution is -2.24. The van der Waals surface area contributed by atoms with Crippen LogP contribution in [-0.2, 0) is 11.2 Å². The molecule has 0 bridgehead atoms. The van der Waals surface area contributed by atoms with Crippen molar-refractivity contribution in [1.29, 1.82) is 0 Å². The Labute approximate surface area is 141 Å². The monoisotopic (exact) mass is 329 g/mol. The van der Waals surface area contributed by atoms with E-state index in [9.17, 15) is 9.59 Å². The first kappa shape index (κ1) is 16.6. The van der Waals surface area contributed by atoms with Crippen LogP contribution in [-0.4, -0.2) is 17.5 Å². The molecule has 0 spiro atoms. The highest BCUT2D eigenvalue weighted by atomic mass is 16.5. The molecule has 0 fully saturated rings. The molecule has 2 aromatic rings. The molecule has 5 heteroatoms. The van der Waals surface area contributed by atoms with Crippen molar-refractivity contribution >= 4 is 5.78 Å². The largest absolute Gasteiger partial charge is 0.497 e. The first-order valence-electron chi connectivity index (χ1n) is 8.40. The number of rotatable bonds is 3. The second kappa shape index (κ2) is 6.30. The predicted octanol–water partition coefficient (Wildman–Crippen LogP) is 3.33. The zero-order valence-corrected chi connectivity index (χ0v) is 14.5. The summed E-state index contributed by atoms with van der Waals surface area (Å²) >= 11 is 0. The topological polar surface area (TPSA) is 61.4 Å². The lowest BCUT2D eigenvalue weighted by molar-refractivity contribution is -0.126. The van der Waals surface area contributed by atoms with Crippen molar-refractivity contribution in [1.82, 2.24) is 4.57 Å². The lowest BCUT2D eigenvalue weighted by atomic mass is 9.85. The van der Waals surface area contributed by atoms with Gasteiger partial charge in [0.1, 0.15) is 17.3 Å². The molecular formula is C19H23NO4. The smallest absolute Gasteiger partial charge is 0.424 e. The summed E-state index contributed by atoms with van der Waals surface area (Å²) in [6, 6.07) is 7.29. The molecule has 0 unspecified atom stereocenters. The van der Waals surface area contributed by atoms with Gasteiger partial charge in [0, 0.05) is 24.2 Å². The number of hydrogen-bond acceptors (Lipinski definition) is 4. The maximum atomic E-state index is 12.6. The predicted molar refractivity (Wildman–Crippen MR) is 90.9 cm³/mol. The molecule has 1 aromatic carbocycles. The van der Waals surface area contributed by atoms with Crippen LogP contribution >= 0.6 is 0 Å². The number of benzene rings is 1. The van der Waals surface area contributed by atoms with Gasteiger partial charge in [0.25, 0.3) is 0 Å². The average molecular weight is 329 g/mol. The third-order valence-electron chi connectivity index (χ3n) is 5.08. The van der Waals surface area contributed by atoms with Crippen molar-refractivity contribution in [2.75, 3.05) is 7.11 Å². The van der Waals surface area contributed by atoms with Crippen LogP contribution in [0.3, 0.4) is 0 Å². The van der Waals surface area contributed by atoms with Crippen LogP contribution in [0.15, 0.2) is 33.5 Å². The average Bonchev–Trinajstić information content (AvgIpc) is 2.86. The highest BCUT2D eigenvalue weighted by molar-refractivity contribution is 5.84. The molecular weight excluding hydrogens is 306 g/mol. The first-order chi connectivity index (χ1) is 11.5. The fourth-order valence-electron chi connectivity index (χ4n) is 3.70. The van der Waals surface area contributed by atoms with Crippen LogP contribution in [0.4, 0.5) is 0 Å². The number of ketones is 1. The minimum absolute atomic E-state index is 0.0513. The van der Waals surface area contributed by atoms with Crippen molar-refractivity contribution in [2.24, 2.45) is 11.8 Å². The number of fused-ring (bicyclic) bond motifs is 1. The summed E-state index contributed by atoms with van der Waals surface area (Å²) in [5.41, 5.74) is 1.55. The number of oxazole rings is 1. The molecule has 1 heterocycles. The number of methoxy groups -OCH3 is 1. The van der Waals surface area contributed by atoms with Crippen molar-refractivity contribution in [3.63, 3.8) is 0 Å². The summed E-state index contributed by atoms with van der Waals surface area (Å²) in [7, 11) is 1.60. The van der Waals surface area contributed by atoms with E-state index in [1.807, 2.05) is 45.0 Å². The van der Waals surface area contributed by atoms with Crippen LogP contribution in [0.1, 0.15) is 44.6 Å². The summed E-state index contributed by atoms with van der Waals surface area (Å²) in [4.78, 5) is 25.1. The molecule has 1 aliphatic rings. The minimum Gasteiger partial charge on any atom is -0.497 e. The van der Waals surface area contributed by atoms with Gasteiger partial charge in [-0.25, -0.2) is 9.36 Å². The zero-order chi connectivity index (χ0) is 17.4. The third kappa shape index (κ3) is 2.58. The lowest BCUT2D eigenvalue weighted by Gasteiger charge is -2.18. The van der Waals surface area contributed by atoms with Crippen molar-refractivity contribution in [3.8, 4) is 11.4 Å². The number of carbonyl (C=O) groups is 1. The number of hydrogen-bond donors (Lipinski definition) is 0. The molecule has 1 aliphatic carbocycles. The SMILES string of the molecule is CC[C@H]1c2oc(=O)n(-c3ccc(OC)cc3)c2C[C@H](C)C(=O)[C@@H]1C. The molecule has 0 saturated carbocycles. The number of carbonyl (C=O) groups excluding carboxylic acids is 1. The molecule has 24 heavy (non-hydrogen) atoms. The number of aromatic nitrogens is 1. The van der Waals surface area contributed by atoms with Crippen LogP contribution in [0, 0.1) is 11.8 Å². The van der Waals surface area contributed by atoms with Crippen LogP contribution in [0.5, 0.6) is 5.75 Å². The van der Waals surface area contributed by atoms with E-state index in [2.05, 4.69) is 0 Å². The van der Waals surface area contributed by atoms with E-state index in [1.165, 1.54) is 0 Å². The van der Waals surface area contributed by atoms with E-state index < -0.39 is 5.76 Å². The van der Waals surface area contributed by atoms with Gasteiger partial charge in [0.15, 0.2) is 0 Å². The quantitative estimate of drug-likeness (QED) is 0.810. The fourth-order valence-corrected chi connectivity index (χ4v) is 3.70. The third-order valence-corrected chi connectivity index (χ3v) is 5.08. The zero-order valence-electron chi connectivity index (χ0n) is 14.5. The van der Waals surface area contributed by atoms with Gasteiger partial charge < -0.3 is 9.15 Å². The van der Waals surface area contributed by atoms with Gasteiger partial charge in [-0.1, -0.05) is 20.8 Å². The maximum absolute atomic E-state index is 12.6. The molecule has 0 N–H and O–H groups in total. The fraction of sp³-hybridized carbons (Fsp3) is 0.474. The Morgan fingerprint density at radius 2 is 1.88 bits per heavy atom. The number of nitrogens with zero attached hydrogens (tertiary/aromatic N) is 1. The van der Waals surface area contributed by atoms with Crippen molar-refractivity contribution < 1.29 is 13.9 Å². The Morgan fingerprint density at radius 3 is 2.46 bits per heavy atom. The Bertz CT molecular complexity index is 800. The molecule has 128 valence electrons. The highest BCUT2D eigenvalue weighted by Gasteiger charge is 2.37. The second-order valence-electron chi connectivity index (χ2n) is 6.52. The number of ether oxygens (including phenoxy) is 1. The summed E-state index contributed by atoms with van der Waals surface area (Å²) < 4.78 is 12.4. The second-order valence-corrected chi connectivity index (χ2v) is 6.52. The molecule has 0 amide bonds. The van der Waals surface area contributed by atoms with Gasteiger partial charge in [0.05, 0.1) is 18.5 Å². The van der Waals surface area contributed by atoms with E-state index in [-0.39, 0.29) is 23.5 Å². The van der Waals surface area contributed by atoms with E-state index in [0.29, 0.717) is 12.2 Å². The van der Waals surface area contributed by atoms with E-state index in [1.54, 1.807) is 11.7 Å². The normalized spacial score (nSPS) is 23.7. The van der Waals surface area contributed by atoms with Crippen LogP contribution < -0.4 is 10.5 Å². The van der Waals surface area contributed by atoms with E-state index >= 15 is 0 Å². The van der Waals surface area contributed by atoms with Gasteiger partial charge in [-0.2, -0.15) is 0 Å². The van der Waals surface area contributed by atoms with Crippen molar-refractivity contribution in [2.45, 2.75) is 39.5 Å². The molecule has 5 nitrogen and oxygen atoms in total. The summed E-state index contributed by atoms with van der Waals surface area (Å²) in [6.45, 7) is 5.89. The highest BCUT2D eigenvalue weighted by Crippen LogP contribution is 2.37. The molecule has 3 rings (SSSR count). The standard InChI is InChI=1S/C19H23NO4/c1-5-15-12(3)17(21)11(2)10-16-18(15)24-19(22)20(16)13-6-8-14(23-4)9-7-13/h6-9,11-12,15H,5,10H2,1-4H3/t11-,12+,15+/m0/s1. The van der Waals surface area contributed by atoms with Gasteiger partial charge in [-0.15, -0.1) is 0 Å². The summed E-state index contributed by atoms with van der Waals surface area (Å²) in [5.74, 6) is 0.926. The molecule has 0 radical (unpaired) electrons. The van der Waals surface area contributed by atoms with Gasteiger partial charge in [0.2, 0.25) is 0 Å². The molecule has 0 saturated heterocycles. The first-order valence-corrected chi connectivity index (χ1v) is 8.40.